The highest BCUT2D eigenvalue weighted by Gasteiger charge is 2.19. The number of rotatable bonds is 5. The molecule has 0 radical (unpaired) electrons. The molecule has 2 aromatic heterocycles. The monoisotopic (exact) mass is 430 g/mol. The molecule has 0 bridgehead atoms. The van der Waals surface area contributed by atoms with Gasteiger partial charge in [0.15, 0.2) is 18.1 Å². The first-order valence-electron chi connectivity index (χ1n) is 8.58. The minimum absolute atomic E-state index is 0.218. The average molecular weight is 430 g/mol. The Bertz CT molecular complexity index is 1080. The molecule has 3 heterocycles. The number of amides is 3. The first kappa shape index (κ1) is 19.3. The van der Waals surface area contributed by atoms with Gasteiger partial charge in [-0.15, -0.1) is 16.4 Å². The summed E-state index contributed by atoms with van der Waals surface area (Å²) in [5.41, 5.74) is 0.831. The molecule has 0 aliphatic carbocycles. The number of thiophene rings is 1. The number of carbonyl (C=O) groups excluding carboxylic acids is 3. The van der Waals surface area contributed by atoms with Crippen LogP contribution in [0.25, 0.3) is 5.69 Å². The van der Waals surface area contributed by atoms with Crippen LogP contribution in [0.5, 0.6) is 11.5 Å². The predicted octanol–water partition coefficient (Wildman–Crippen LogP) is 1.00. The lowest BCUT2D eigenvalue weighted by Gasteiger charge is -2.19. The van der Waals surface area contributed by atoms with Gasteiger partial charge in [0.2, 0.25) is 0 Å². The van der Waals surface area contributed by atoms with Gasteiger partial charge in [-0.1, -0.05) is 0 Å². The summed E-state index contributed by atoms with van der Waals surface area (Å²) in [6.45, 7) is 0.225. The summed E-state index contributed by atoms with van der Waals surface area (Å²) in [5.74, 6) is -0.463. The SMILES string of the molecule is O=C(COC(=O)c1sccc1-n1cnnn1)NC(=O)Nc1ccc2c(c1)OCCO2. The fraction of sp³-hybridized carbons (Fsp3) is 0.176. The molecule has 4 rings (SSSR count). The van der Waals surface area contributed by atoms with Crippen molar-refractivity contribution in [3.8, 4) is 17.2 Å². The van der Waals surface area contributed by atoms with Gasteiger partial charge in [-0.05, 0) is 34.0 Å². The molecule has 0 atom stereocenters. The number of ether oxygens (including phenoxy) is 3. The van der Waals surface area contributed by atoms with Gasteiger partial charge in [0.25, 0.3) is 5.91 Å². The van der Waals surface area contributed by atoms with Crippen molar-refractivity contribution in [2.24, 2.45) is 0 Å². The molecule has 0 fully saturated rings. The third-order valence-electron chi connectivity index (χ3n) is 3.81. The molecule has 0 spiro atoms. The van der Waals surface area contributed by atoms with Crippen molar-refractivity contribution in [1.82, 2.24) is 25.5 Å². The Hall–Kier alpha value is -4.00. The number of hydrogen-bond acceptors (Lipinski definition) is 10. The van der Waals surface area contributed by atoms with Crippen LogP contribution in [-0.2, 0) is 9.53 Å². The Balaban J connectivity index is 1.28. The standard InChI is InChI=1S/C17H14N6O6S/c24-14(8-29-16(25)15-11(3-6-30-15)23-9-18-21-22-23)20-17(26)19-10-1-2-12-13(7-10)28-5-4-27-12/h1-3,6-7,9H,4-5,8H2,(H2,19,20,24,26). The van der Waals surface area contributed by atoms with Crippen LogP contribution in [0.1, 0.15) is 9.67 Å². The maximum Gasteiger partial charge on any atom is 0.351 e. The van der Waals surface area contributed by atoms with Crippen molar-refractivity contribution >= 4 is 34.9 Å². The van der Waals surface area contributed by atoms with E-state index in [-0.39, 0.29) is 4.88 Å². The van der Waals surface area contributed by atoms with E-state index in [0.29, 0.717) is 36.1 Å². The van der Waals surface area contributed by atoms with Gasteiger partial charge in [0.05, 0.1) is 5.69 Å². The average Bonchev–Trinajstić information content (AvgIpc) is 3.43. The van der Waals surface area contributed by atoms with Gasteiger partial charge in [0, 0.05) is 11.8 Å². The maximum atomic E-state index is 12.2. The van der Waals surface area contributed by atoms with E-state index in [1.807, 2.05) is 0 Å². The molecule has 1 aliphatic heterocycles. The van der Waals surface area contributed by atoms with E-state index in [9.17, 15) is 14.4 Å². The minimum atomic E-state index is -0.793. The van der Waals surface area contributed by atoms with Crippen molar-refractivity contribution in [2.75, 3.05) is 25.1 Å². The molecule has 3 amide bonds. The zero-order chi connectivity index (χ0) is 20.9. The lowest BCUT2D eigenvalue weighted by atomic mass is 10.2. The molecule has 1 aliphatic rings. The van der Waals surface area contributed by atoms with Crippen LogP contribution in [0.2, 0.25) is 0 Å². The number of carbonyl (C=O) groups is 3. The molecule has 2 N–H and O–H groups in total. The molecule has 30 heavy (non-hydrogen) atoms. The smallest absolute Gasteiger partial charge is 0.351 e. The van der Waals surface area contributed by atoms with Crippen molar-refractivity contribution < 1.29 is 28.6 Å². The summed E-state index contributed by atoms with van der Waals surface area (Å²) in [5, 5.41) is 17.0. The van der Waals surface area contributed by atoms with Crippen LogP contribution in [0, 0.1) is 0 Å². The molecular formula is C17H14N6O6S. The number of imide groups is 1. The van der Waals surface area contributed by atoms with Crippen molar-refractivity contribution in [2.45, 2.75) is 0 Å². The third-order valence-corrected chi connectivity index (χ3v) is 4.70. The topological polar surface area (TPSA) is 147 Å². The number of aromatic nitrogens is 4. The summed E-state index contributed by atoms with van der Waals surface area (Å²) < 4.78 is 17.1. The Morgan fingerprint density at radius 1 is 1.17 bits per heavy atom. The van der Waals surface area contributed by atoms with Crippen LogP contribution < -0.4 is 20.1 Å². The molecule has 13 heteroatoms. The summed E-state index contributed by atoms with van der Waals surface area (Å²) >= 11 is 1.11. The van der Waals surface area contributed by atoms with Gasteiger partial charge in [-0.25, -0.2) is 9.59 Å². The minimum Gasteiger partial charge on any atom is -0.486 e. The maximum absolute atomic E-state index is 12.2. The normalized spacial score (nSPS) is 12.1. The Labute approximate surface area is 172 Å². The number of urea groups is 1. The van der Waals surface area contributed by atoms with Gasteiger partial charge in [-0.3, -0.25) is 10.1 Å². The zero-order valence-corrected chi connectivity index (χ0v) is 16.0. The first-order valence-corrected chi connectivity index (χ1v) is 9.46. The van der Waals surface area contributed by atoms with Crippen molar-refractivity contribution in [1.29, 1.82) is 0 Å². The predicted molar refractivity (Wildman–Crippen MR) is 102 cm³/mol. The third kappa shape index (κ3) is 4.35. The van der Waals surface area contributed by atoms with Crippen LogP contribution >= 0.6 is 11.3 Å². The second kappa shape index (κ2) is 8.57. The van der Waals surface area contributed by atoms with Crippen LogP contribution in [-0.4, -0.2) is 57.9 Å². The Morgan fingerprint density at radius 2 is 2.00 bits per heavy atom. The molecule has 0 saturated carbocycles. The molecule has 3 aromatic rings. The number of esters is 1. The second-order valence-corrected chi connectivity index (χ2v) is 6.74. The Morgan fingerprint density at radius 3 is 2.80 bits per heavy atom. The largest absolute Gasteiger partial charge is 0.486 e. The number of nitrogens with one attached hydrogen (secondary N) is 2. The van der Waals surface area contributed by atoms with Gasteiger partial charge in [0.1, 0.15) is 24.4 Å². The van der Waals surface area contributed by atoms with Crippen LogP contribution in [0.15, 0.2) is 36.0 Å². The number of hydrogen-bond donors (Lipinski definition) is 2. The lowest BCUT2D eigenvalue weighted by molar-refractivity contribution is -0.123. The Kier molecular flexibility index (Phi) is 5.52. The van der Waals surface area contributed by atoms with E-state index in [0.717, 1.165) is 11.3 Å². The highest BCUT2D eigenvalue weighted by atomic mass is 32.1. The molecule has 1 aromatic carbocycles. The van der Waals surface area contributed by atoms with Crippen LogP contribution in [0.4, 0.5) is 10.5 Å². The molecular weight excluding hydrogens is 416 g/mol. The van der Waals surface area contributed by atoms with Crippen molar-refractivity contribution in [3.63, 3.8) is 0 Å². The quantitative estimate of drug-likeness (QED) is 0.566. The van der Waals surface area contributed by atoms with E-state index in [4.69, 9.17) is 14.2 Å². The number of tetrazole rings is 1. The van der Waals surface area contributed by atoms with E-state index >= 15 is 0 Å². The van der Waals surface area contributed by atoms with E-state index in [1.54, 1.807) is 29.6 Å². The van der Waals surface area contributed by atoms with Crippen LogP contribution in [0.3, 0.4) is 0 Å². The van der Waals surface area contributed by atoms with E-state index in [1.165, 1.54) is 11.0 Å². The zero-order valence-electron chi connectivity index (χ0n) is 15.2. The number of fused-ring (bicyclic) bond motifs is 1. The van der Waals surface area contributed by atoms with Gasteiger partial charge in [-0.2, -0.15) is 4.68 Å². The number of anilines is 1. The van der Waals surface area contributed by atoms with Gasteiger partial charge < -0.3 is 19.5 Å². The lowest BCUT2D eigenvalue weighted by Crippen LogP contribution is -2.37. The summed E-state index contributed by atoms with van der Waals surface area (Å²) in [6, 6.07) is 5.69. The highest BCUT2D eigenvalue weighted by molar-refractivity contribution is 7.12. The van der Waals surface area contributed by atoms with E-state index in [2.05, 4.69) is 26.2 Å². The first-order chi connectivity index (χ1) is 14.6. The summed E-state index contributed by atoms with van der Waals surface area (Å²) in [7, 11) is 0. The van der Waals surface area contributed by atoms with Gasteiger partial charge >= 0.3 is 12.0 Å². The molecule has 12 nitrogen and oxygen atoms in total. The number of nitrogens with zero attached hydrogens (tertiary/aromatic N) is 4. The summed E-state index contributed by atoms with van der Waals surface area (Å²) in [6.07, 6.45) is 1.33. The molecule has 0 unspecified atom stereocenters. The fourth-order valence-corrected chi connectivity index (χ4v) is 3.32. The van der Waals surface area contributed by atoms with Crippen molar-refractivity contribution in [3.05, 3.63) is 40.8 Å². The van der Waals surface area contributed by atoms with E-state index < -0.39 is 24.5 Å². The fourth-order valence-electron chi connectivity index (χ4n) is 2.55. The molecule has 0 saturated heterocycles. The second-order valence-electron chi connectivity index (χ2n) is 5.83. The molecule has 154 valence electrons. The highest BCUT2D eigenvalue weighted by Crippen LogP contribution is 2.32. The summed E-state index contributed by atoms with van der Waals surface area (Å²) in [4.78, 5) is 36.4. The number of benzene rings is 1.